The summed E-state index contributed by atoms with van der Waals surface area (Å²) in [6, 6.07) is 18.9. The molecule has 0 bridgehead atoms. The van der Waals surface area contributed by atoms with Gasteiger partial charge in [-0.1, -0.05) is 0 Å². The highest BCUT2D eigenvalue weighted by Gasteiger charge is 2.38. The fourth-order valence-electron chi connectivity index (χ4n) is 4.21. The van der Waals surface area contributed by atoms with Crippen LogP contribution < -0.4 is 4.74 Å². The van der Waals surface area contributed by atoms with Gasteiger partial charge in [-0.05, 0) is 78.7 Å². The lowest BCUT2D eigenvalue weighted by molar-refractivity contribution is -0.192. The smallest absolute Gasteiger partial charge is 0.490 e. The quantitative estimate of drug-likeness (QED) is 0.164. The number of alkyl halides is 4. The highest BCUT2D eigenvalue weighted by atomic mass is 32.1. The minimum absolute atomic E-state index is 0.0794. The normalized spacial score (nSPS) is 13.8. The largest absolute Gasteiger partial charge is 0.508 e. The molecule has 1 aliphatic heterocycles. The fraction of sp³-hybridized carbons (Fsp3) is 0.241. The van der Waals surface area contributed by atoms with Gasteiger partial charge in [0.1, 0.15) is 23.4 Å². The van der Waals surface area contributed by atoms with Crippen molar-refractivity contribution in [1.29, 1.82) is 0 Å². The number of aromatic hydroxyl groups is 2. The van der Waals surface area contributed by atoms with E-state index >= 15 is 0 Å². The second-order valence-corrected chi connectivity index (χ2v) is 10.3. The molecule has 0 saturated carbocycles. The summed E-state index contributed by atoms with van der Waals surface area (Å²) in [6.45, 7) is 2.01. The van der Waals surface area contributed by atoms with Gasteiger partial charge < -0.3 is 20.1 Å². The van der Waals surface area contributed by atoms with Crippen LogP contribution in [0.1, 0.15) is 22.3 Å². The first-order chi connectivity index (χ1) is 19.5. The van der Waals surface area contributed by atoms with Crippen molar-refractivity contribution < 1.29 is 47.2 Å². The first kappa shape index (κ1) is 29.8. The summed E-state index contributed by atoms with van der Waals surface area (Å²) < 4.78 is 50.8. The Hall–Kier alpha value is -4.16. The molecule has 7 nitrogen and oxygen atoms in total. The number of benzene rings is 3. The van der Waals surface area contributed by atoms with E-state index in [1.54, 1.807) is 66.7 Å². The minimum Gasteiger partial charge on any atom is -0.508 e. The number of hydrogen-bond donors (Lipinski definition) is 3. The van der Waals surface area contributed by atoms with Gasteiger partial charge >= 0.3 is 12.1 Å². The molecule has 216 valence electrons. The number of likely N-dealkylation sites (tertiary alicyclic amines) is 1. The van der Waals surface area contributed by atoms with Crippen molar-refractivity contribution in [1.82, 2.24) is 4.90 Å². The Kier molecular flexibility index (Phi) is 9.14. The number of carboxylic acids is 1. The zero-order chi connectivity index (χ0) is 29.7. The van der Waals surface area contributed by atoms with E-state index < -0.39 is 12.1 Å². The number of thiophene rings is 1. The van der Waals surface area contributed by atoms with Crippen molar-refractivity contribution in [3.63, 3.8) is 0 Å². The van der Waals surface area contributed by atoms with Crippen LogP contribution in [0.15, 0.2) is 66.7 Å². The number of hydrogen-bond acceptors (Lipinski definition) is 7. The molecular weight excluding hydrogens is 566 g/mol. The van der Waals surface area contributed by atoms with Gasteiger partial charge in [0.2, 0.25) is 0 Å². The summed E-state index contributed by atoms with van der Waals surface area (Å²) in [6.07, 6.45) is -4.46. The van der Waals surface area contributed by atoms with Gasteiger partial charge in [-0.2, -0.15) is 13.2 Å². The first-order valence-corrected chi connectivity index (χ1v) is 13.2. The van der Waals surface area contributed by atoms with Crippen LogP contribution in [0.5, 0.6) is 17.2 Å². The number of phenolic OH excluding ortho intramolecular Hbond substituents is 2. The number of carboxylic acid groups (broad SMARTS) is 1. The number of nitrogens with zero attached hydrogens (tertiary/aromatic N) is 1. The molecular formula is C29H25F4NO6S. The van der Waals surface area contributed by atoms with Crippen LogP contribution in [0.2, 0.25) is 0 Å². The van der Waals surface area contributed by atoms with E-state index in [2.05, 4.69) is 4.90 Å². The van der Waals surface area contributed by atoms with Crippen molar-refractivity contribution in [2.24, 2.45) is 0 Å². The molecule has 1 aromatic heterocycles. The Morgan fingerprint density at radius 3 is 2.15 bits per heavy atom. The van der Waals surface area contributed by atoms with Gasteiger partial charge in [0.25, 0.3) is 0 Å². The van der Waals surface area contributed by atoms with E-state index in [4.69, 9.17) is 14.6 Å². The van der Waals surface area contributed by atoms with Crippen LogP contribution in [0.3, 0.4) is 0 Å². The zero-order valence-electron chi connectivity index (χ0n) is 21.4. The number of carbonyl (C=O) groups excluding carboxylic acids is 1. The van der Waals surface area contributed by atoms with Gasteiger partial charge in [0.05, 0.1) is 6.67 Å². The Morgan fingerprint density at radius 2 is 1.56 bits per heavy atom. The summed E-state index contributed by atoms with van der Waals surface area (Å²) in [7, 11) is 0. The number of aliphatic carboxylic acids is 1. The molecule has 3 aromatic carbocycles. The predicted molar refractivity (Wildman–Crippen MR) is 146 cm³/mol. The number of ketones is 1. The first-order valence-electron chi connectivity index (χ1n) is 12.4. The second-order valence-electron chi connectivity index (χ2n) is 9.23. The lowest BCUT2D eigenvalue weighted by Crippen LogP contribution is -2.53. The van der Waals surface area contributed by atoms with E-state index in [1.165, 1.54) is 11.3 Å². The monoisotopic (exact) mass is 591 g/mol. The maximum Gasteiger partial charge on any atom is 0.490 e. The topological polar surface area (TPSA) is 107 Å². The average Bonchev–Trinajstić information content (AvgIpc) is 3.28. The maximum atomic E-state index is 13.6. The van der Waals surface area contributed by atoms with Crippen LogP contribution in [-0.2, 0) is 4.79 Å². The van der Waals surface area contributed by atoms with Crippen LogP contribution in [0.4, 0.5) is 17.6 Å². The highest BCUT2D eigenvalue weighted by molar-refractivity contribution is 7.22. The molecule has 12 heteroatoms. The Balaban J connectivity index is 0.000000493. The lowest BCUT2D eigenvalue weighted by Gasteiger charge is -2.38. The number of phenols is 2. The summed E-state index contributed by atoms with van der Waals surface area (Å²) in [5.41, 5.74) is 1.93. The van der Waals surface area contributed by atoms with Crippen LogP contribution in [0.25, 0.3) is 20.5 Å². The van der Waals surface area contributed by atoms with Gasteiger partial charge in [0.15, 0.2) is 5.78 Å². The molecule has 0 aliphatic carbocycles. The zero-order valence-corrected chi connectivity index (χ0v) is 22.2. The number of ether oxygens (including phenoxy) is 1. The second kappa shape index (κ2) is 12.6. The van der Waals surface area contributed by atoms with Crippen molar-refractivity contribution in [2.45, 2.75) is 18.7 Å². The molecule has 4 aromatic rings. The fourth-order valence-corrected chi connectivity index (χ4v) is 5.45. The van der Waals surface area contributed by atoms with E-state index in [9.17, 15) is 32.6 Å². The van der Waals surface area contributed by atoms with Crippen molar-refractivity contribution in [3.05, 3.63) is 77.9 Å². The van der Waals surface area contributed by atoms with Crippen LogP contribution >= 0.6 is 11.3 Å². The standard InChI is InChI=1S/C27H24FNO4S.C2HF3O2/c28-12-1-13-29-15-22(16-29)33-21-9-4-17(5-10-21)26(32)25-23-11-8-20(31)14-24(23)34-27(25)18-2-6-19(30)7-3-18;3-2(4,5)1(6)7/h2-11,14,22,30-31H,1,12-13,15-16H2;(H,6,7). The molecule has 0 atom stereocenters. The maximum absolute atomic E-state index is 13.6. The molecule has 1 fully saturated rings. The lowest BCUT2D eigenvalue weighted by atomic mass is 9.97. The molecule has 5 rings (SSSR count). The Labute approximate surface area is 235 Å². The third-order valence-electron chi connectivity index (χ3n) is 6.22. The number of carbonyl (C=O) groups is 2. The molecule has 0 spiro atoms. The summed E-state index contributed by atoms with van der Waals surface area (Å²) >= 11 is 1.43. The minimum atomic E-state index is -5.08. The van der Waals surface area contributed by atoms with Crippen molar-refractivity contribution >= 4 is 33.2 Å². The molecule has 0 unspecified atom stereocenters. The SMILES string of the molecule is O=C(O)C(F)(F)F.O=C(c1ccc(OC2CN(CCCF)C2)cc1)c1c(-c2ccc(O)cc2)sc2cc(O)ccc12. The van der Waals surface area contributed by atoms with E-state index in [-0.39, 0.29) is 30.1 Å². The van der Waals surface area contributed by atoms with Crippen molar-refractivity contribution in [3.8, 4) is 27.7 Å². The number of rotatable bonds is 8. The van der Waals surface area contributed by atoms with Gasteiger partial charge in [-0.3, -0.25) is 14.1 Å². The third kappa shape index (κ3) is 7.33. The average molecular weight is 592 g/mol. The summed E-state index contributed by atoms with van der Waals surface area (Å²) in [4.78, 5) is 25.5. The molecule has 0 amide bonds. The molecule has 1 saturated heterocycles. The Bertz CT molecular complexity index is 1510. The van der Waals surface area contributed by atoms with E-state index in [0.29, 0.717) is 23.3 Å². The number of halogens is 4. The third-order valence-corrected chi connectivity index (χ3v) is 7.43. The highest BCUT2D eigenvalue weighted by Crippen LogP contribution is 2.41. The van der Waals surface area contributed by atoms with Gasteiger partial charge in [-0.25, -0.2) is 4.79 Å². The van der Waals surface area contributed by atoms with Crippen molar-refractivity contribution in [2.75, 3.05) is 26.3 Å². The Morgan fingerprint density at radius 1 is 0.951 bits per heavy atom. The van der Waals surface area contributed by atoms with Gasteiger partial charge in [-0.15, -0.1) is 11.3 Å². The van der Waals surface area contributed by atoms with E-state index in [1.807, 2.05) is 0 Å². The molecule has 2 heterocycles. The summed E-state index contributed by atoms with van der Waals surface area (Å²) in [5.74, 6) is -1.88. The van der Waals surface area contributed by atoms with E-state index in [0.717, 1.165) is 40.2 Å². The van der Waals surface area contributed by atoms with Crippen LogP contribution in [-0.4, -0.2) is 70.6 Å². The van der Waals surface area contributed by atoms with Gasteiger partial charge in [0, 0.05) is 45.7 Å². The molecule has 1 aliphatic rings. The van der Waals surface area contributed by atoms with Crippen LogP contribution in [0, 0.1) is 0 Å². The molecule has 41 heavy (non-hydrogen) atoms. The number of fused-ring (bicyclic) bond motifs is 1. The molecule has 3 N–H and O–H groups in total. The predicted octanol–water partition coefficient (Wildman–Crippen LogP) is 6.27. The summed E-state index contributed by atoms with van der Waals surface area (Å²) in [5, 5.41) is 27.5. The molecule has 0 radical (unpaired) electrons.